The number of likely N-dealkylation sites (tertiary alicyclic amines) is 1. The Labute approximate surface area is 136 Å². The van der Waals surface area contributed by atoms with Crippen molar-refractivity contribution in [2.24, 2.45) is 5.92 Å². The van der Waals surface area contributed by atoms with E-state index in [0.717, 1.165) is 25.7 Å². The number of hydrogen-bond acceptors (Lipinski definition) is 3. The van der Waals surface area contributed by atoms with Gasteiger partial charge in [0.1, 0.15) is 0 Å². The van der Waals surface area contributed by atoms with Crippen molar-refractivity contribution in [2.45, 2.75) is 63.8 Å². The number of rotatable bonds is 4. The molecule has 0 radical (unpaired) electrons. The summed E-state index contributed by atoms with van der Waals surface area (Å²) in [6.07, 6.45) is 4.55. The second-order valence-corrected chi connectivity index (χ2v) is 6.16. The average molecular weight is 330 g/mol. The van der Waals surface area contributed by atoms with E-state index in [1.165, 1.54) is 0 Å². The van der Waals surface area contributed by atoms with E-state index in [1.807, 2.05) is 4.90 Å². The Kier molecular flexibility index (Phi) is 7.38. The molecule has 130 valence electrons. The summed E-state index contributed by atoms with van der Waals surface area (Å²) >= 11 is 0. The molecule has 6 heteroatoms. The van der Waals surface area contributed by atoms with Gasteiger partial charge in [0, 0.05) is 32.2 Å². The molecule has 1 saturated heterocycles. The number of hydrogen-bond donors (Lipinski definition) is 0. The van der Waals surface area contributed by atoms with Crippen LogP contribution in [0.5, 0.6) is 0 Å². The molecule has 1 aliphatic heterocycles. The van der Waals surface area contributed by atoms with Crippen LogP contribution in [0.25, 0.3) is 0 Å². The van der Waals surface area contributed by atoms with Gasteiger partial charge in [-0.15, -0.1) is 12.3 Å². The molecule has 1 saturated carbocycles. The topological polar surface area (TPSA) is 36.3 Å². The highest BCUT2D eigenvalue weighted by Gasteiger charge is 2.63. The SMILES string of the molecule is C#CC.CCOC1(C(F)(F)F)CN(C2CCC(CC#N)CC2)C1. The minimum absolute atomic E-state index is 0.0437. The molecule has 2 rings (SSSR count). The first-order valence-corrected chi connectivity index (χ1v) is 8.02. The molecule has 2 aliphatic rings. The van der Waals surface area contributed by atoms with E-state index in [0.29, 0.717) is 12.3 Å². The van der Waals surface area contributed by atoms with Crippen molar-refractivity contribution in [3.63, 3.8) is 0 Å². The van der Waals surface area contributed by atoms with E-state index in [-0.39, 0.29) is 25.7 Å². The van der Waals surface area contributed by atoms with Crippen molar-refractivity contribution in [2.75, 3.05) is 19.7 Å². The van der Waals surface area contributed by atoms with Gasteiger partial charge < -0.3 is 4.74 Å². The lowest BCUT2D eigenvalue weighted by Gasteiger charge is -2.54. The largest absolute Gasteiger partial charge is 0.419 e. The van der Waals surface area contributed by atoms with Crippen LogP contribution in [-0.4, -0.2) is 42.4 Å². The molecule has 2 fully saturated rings. The fourth-order valence-corrected chi connectivity index (χ4v) is 3.34. The molecule has 0 aromatic carbocycles. The average Bonchev–Trinajstić information content (AvgIpc) is 2.43. The Bertz CT molecular complexity index is 436. The lowest BCUT2D eigenvalue weighted by atomic mass is 9.81. The predicted octanol–water partition coefficient (Wildman–Crippen LogP) is 3.75. The Morgan fingerprint density at radius 1 is 1.26 bits per heavy atom. The molecule has 0 aromatic rings. The second kappa shape index (κ2) is 8.57. The van der Waals surface area contributed by atoms with Crippen molar-refractivity contribution in [3.8, 4) is 18.4 Å². The number of halogens is 3. The van der Waals surface area contributed by atoms with Crippen LogP contribution in [0, 0.1) is 29.6 Å². The molecule has 1 aliphatic carbocycles. The smallest absolute Gasteiger partial charge is 0.363 e. The molecule has 0 atom stereocenters. The van der Waals surface area contributed by atoms with E-state index in [4.69, 9.17) is 10.00 Å². The number of nitriles is 1. The summed E-state index contributed by atoms with van der Waals surface area (Å²) < 4.78 is 44.2. The van der Waals surface area contributed by atoms with Crippen molar-refractivity contribution in [1.29, 1.82) is 5.26 Å². The van der Waals surface area contributed by atoms with Crippen LogP contribution >= 0.6 is 0 Å². The fourth-order valence-electron chi connectivity index (χ4n) is 3.34. The molecule has 0 unspecified atom stereocenters. The normalized spacial score (nSPS) is 26.9. The summed E-state index contributed by atoms with van der Waals surface area (Å²) in [7, 11) is 0. The first-order valence-electron chi connectivity index (χ1n) is 8.02. The maximum Gasteiger partial charge on any atom is 0.419 e. The fraction of sp³-hybridized carbons (Fsp3) is 0.824. The minimum Gasteiger partial charge on any atom is -0.363 e. The van der Waals surface area contributed by atoms with Gasteiger partial charge in [-0.1, -0.05) is 0 Å². The summed E-state index contributed by atoms with van der Waals surface area (Å²) in [5, 5.41) is 8.67. The highest BCUT2D eigenvalue weighted by molar-refractivity contribution is 5.05. The minimum atomic E-state index is -4.29. The third-order valence-electron chi connectivity index (χ3n) is 4.57. The summed E-state index contributed by atoms with van der Waals surface area (Å²) in [5.41, 5.74) is -1.95. The second-order valence-electron chi connectivity index (χ2n) is 6.16. The Balaban J connectivity index is 0.000000816. The number of terminal acetylenes is 1. The summed E-state index contributed by atoms with van der Waals surface area (Å²) in [6, 6.07) is 2.40. The molecule has 3 nitrogen and oxygen atoms in total. The standard InChI is InChI=1S/C14H21F3N2O.C3H4/c1-2-20-13(14(15,16)17)9-19(10-13)12-5-3-11(4-6-12)7-8-18;1-3-2/h11-12H,2-7,9-10H2,1H3;1H,2H3. The molecule has 0 amide bonds. The summed E-state index contributed by atoms with van der Waals surface area (Å²) in [4.78, 5) is 1.89. The molecule has 0 aromatic heterocycles. The molecule has 0 spiro atoms. The van der Waals surface area contributed by atoms with E-state index in [9.17, 15) is 13.2 Å². The summed E-state index contributed by atoms with van der Waals surface area (Å²) in [5.74, 6) is 2.68. The van der Waals surface area contributed by atoms with Crippen molar-refractivity contribution >= 4 is 0 Å². The number of ether oxygens (including phenoxy) is 1. The Hall–Kier alpha value is -1.24. The van der Waals surface area contributed by atoms with Gasteiger partial charge in [-0.3, -0.25) is 4.90 Å². The quantitative estimate of drug-likeness (QED) is 0.737. The zero-order valence-corrected chi connectivity index (χ0v) is 13.8. The van der Waals surface area contributed by atoms with Gasteiger partial charge in [-0.2, -0.15) is 18.4 Å². The van der Waals surface area contributed by atoms with Crippen LogP contribution in [0.2, 0.25) is 0 Å². The molecular weight excluding hydrogens is 305 g/mol. The zero-order chi connectivity index (χ0) is 17.5. The highest BCUT2D eigenvalue weighted by atomic mass is 19.4. The Morgan fingerprint density at radius 3 is 2.17 bits per heavy atom. The van der Waals surface area contributed by atoms with Gasteiger partial charge in [-0.05, 0) is 45.4 Å². The monoisotopic (exact) mass is 330 g/mol. The lowest BCUT2D eigenvalue weighted by Crippen LogP contribution is -2.72. The predicted molar refractivity (Wildman–Crippen MR) is 82.5 cm³/mol. The van der Waals surface area contributed by atoms with Crippen LogP contribution in [0.1, 0.15) is 46.0 Å². The molecule has 0 N–H and O–H groups in total. The van der Waals surface area contributed by atoms with E-state index >= 15 is 0 Å². The van der Waals surface area contributed by atoms with Gasteiger partial charge in [0.2, 0.25) is 0 Å². The molecule has 23 heavy (non-hydrogen) atoms. The van der Waals surface area contributed by atoms with Crippen molar-refractivity contribution in [3.05, 3.63) is 0 Å². The third-order valence-corrected chi connectivity index (χ3v) is 4.57. The summed E-state index contributed by atoms with van der Waals surface area (Å²) in [6.45, 7) is 3.25. The lowest BCUT2D eigenvalue weighted by molar-refractivity contribution is -0.322. The maximum absolute atomic E-state index is 13.1. The number of nitrogens with zero attached hydrogens (tertiary/aromatic N) is 2. The van der Waals surface area contributed by atoms with Gasteiger partial charge in [0.15, 0.2) is 5.60 Å². The van der Waals surface area contributed by atoms with Crippen molar-refractivity contribution in [1.82, 2.24) is 4.90 Å². The highest BCUT2D eigenvalue weighted by Crippen LogP contribution is 2.43. The van der Waals surface area contributed by atoms with Gasteiger partial charge >= 0.3 is 6.18 Å². The molecule has 0 bridgehead atoms. The van der Waals surface area contributed by atoms with Crippen LogP contribution in [-0.2, 0) is 4.74 Å². The first kappa shape index (κ1) is 19.8. The molecular formula is C17H25F3N2O. The van der Waals surface area contributed by atoms with Crippen molar-refractivity contribution < 1.29 is 17.9 Å². The molecule has 1 heterocycles. The third kappa shape index (κ3) is 4.86. The van der Waals surface area contributed by atoms with Crippen LogP contribution in [0.3, 0.4) is 0 Å². The Morgan fingerprint density at radius 2 is 1.78 bits per heavy atom. The van der Waals surface area contributed by atoms with E-state index < -0.39 is 11.8 Å². The van der Waals surface area contributed by atoms with Gasteiger partial charge in [0.25, 0.3) is 0 Å². The zero-order valence-electron chi connectivity index (χ0n) is 13.8. The first-order chi connectivity index (χ1) is 10.8. The van der Waals surface area contributed by atoms with E-state index in [2.05, 4.69) is 18.4 Å². The van der Waals surface area contributed by atoms with Gasteiger partial charge in [-0.25, -0.2) is 0 Å². The van der Waals surface area contributed by atoms with Gasteiger partial charge in [0.05, 0.1) is 6.07 Å². The number of alkyl halides is 3. The van der Waals surface area contributed by atoms with E-state index in [1.54, 1.807) is 13.8 Å². The van der Waals surface area contributed by atoms with Crippen LogP contribution < -0.4 is 0 Å². The maximum atomic E-state index is 13.1. The van der Waals surface area contributed by atoms with Crippen LogP contribution in [0.4, 0.5) is 13.2 Å². The van der Waals surface area contributed by atoms with Crippen LogP contribution in [0.15, 0.2) is 0 Å².